The zero-order valence-corrected chi connectivity index (χ0v) is 34.8. The number of aromatic nitrogens is 4. The van der Waals surface area contributed by atoms with Gasteiger partial charge in [0.1, 0.15) is 30.9 Å². The number of anilines is 1. The second-order valence-electron chi connectivity index (χ2n) is 15.3. The van der Waals surface area contributed by atoms with Gasteiger partial charge in [-0.25, -0.2) is 4.98 Å². The van der Waals surface area contributed by atoms with Gasteiger partial charge in [0.2, 0.25) is 5.95 Å². The number of carbonyl (C=O) groups excluding carboxylic acids is 1. The molecule has 1 amide bonds. The number of aromatic amines is 1. The van der Waals surface area contributed by atoms with Crippen LogP contribution in [0.4, 0.5) is 32.3 Å². The molecule has 0 saturated carbocycles. The van der Waals surface area contributed by atoms with E-state index < -0.39 is 91.4 Å². The predicted molar refractivity (Wildman–Crippen MR) is 198 cm³/mol. The van der Waals surface area contributed by atoms with Crippen molar-refractivity contribution in [1.29, 1.82) is 0 Å². The van der Waals surface area contributed by atoms with Crippen molar-refractivity contribution in [2.75, 3.05) is 31.9 Å². The highest BCUT2D eigenvalue weighted by atomic mass is 28.5. The summed E-state index contributed by atoms with van der Waals surface area (Å²) in [5, 5.41) is 2.47. The zero-order chi connectivity index (χ0) is 42.1. The van der Waals surface area contributed by atoms with Gasteiger partial charge in [0.15, 0.2) is 29.9 Å². The minimum Gasteiger partial charge on any atom is -0.484 e. The van der Waals surface area contributed by atoms with Crippen molar-refractivity contribution in [3.63, 3.8) is 0 Å². The summed E-state index contributed by atoms with van der Waals surface area (Å²) in [5.41, 5.74) is -1.42. The lowest BCUT2D eigenvalue weighted by Gasteiger charge is -2.51. The van der Waals surface area contributed by atoms with Gasteiger partial charge in [0, 0.05) is 0 Å². The van der Waals surface area contributed by atoms with Crippen molar-refractivity contribution in [3.05, 3.63) is 47.0 Å². The van der Waals surface area contributed by atoms with Gasteiger partial charge in [-0.05, 0) is 34.3 Å². The molecule has 0 bridgehead atoms. The van der Waals surface area contributed by atoms with Crippen molar-refractivity contribution >= 4 is 40.1 Å². The number of amides is 1. The first-order valence-electron chi connectivity index (χ1n) is 18.5. The first-order chi connectivity index (χ1) is 26.6. The summed E-state index contributed by atoms with van der Waals surface area (Å²) in [6.07, 6.45) is -14.6. The van der Waals surface area contributed by atoms with Crippen LogP contribution in [0.15, 0.2) is 41.5 Å². The fourth-order valence-electron chi connectivity index (χ4n) is 7.20. The molecule has 0 radical (unpaired) electrons. The molecule has 2 fully saturated rings. The molecule has 5 rings (SSSR count). The van der Waals surface area contributed by atoms with Crippen molar-refractivity contribution in [2.24, 2.45) is 5.92 Å². The summed E-state index contributed by atoms with van der Waals surface area (Å²) in [6.45, 7) is 12.6. The smallest absolute Gasteiger partial charge is 0.402 e. The number of halogens is 6. The number of benzene rings is 1. The van der Waals surface area contributed by atoms with E-state index >= 15 is 0 Å². The third-order valence-corrected chi connectivity index (χ3v) is 20.4. The van der Waals surface area contributed by atoms with Crippen LogP contribution in [0.25, 0.3) is 11.2 Å². The number of imidazole rings is 1. The fraction of sp³-hybridized carbons (Fsp3) is 0.657. The maximum absolute atomic E-state index is 13.3. The van der Waals surface area contributed by atoms with E-state index in [4.69, 9.17) is 31.9 Å². The van der Waals surface area contributed by atoms with Gasteiger partial charge >= 0.3 is 29.5 Å². The second-order valence-corrected chi connectivity index (χ2v) is 24.1. The third-order valence-electron chi connectivity index (χ3n) is 10.1. The predicted octanol–water partition coefficient (Wildman–Crippen LogP) is 7.09. The molecule has 4 atom stereocenters. The number of fused-ring (bicyclic) bond motifs is 2. The molecular weight excluding hydrogens is 805 g/mol. The number of alkyl halides is 6. The SMILES string of the molecule is CC(C)[Si]1(C(C)C)OC[C@H]2O[C@@H](n3cnc4c(=O)[nH]c(NC(=O)COc5ccccc5)nc43)[C@@H](OCOCC(C(F)(F)F)C(F)(F)F)C2O[Si](C(C)C)(C(C)C)O1. The van der Waals surface area contributed by atoms with Crippen LogP contribution < -0.4 is 15.6 Å². The Morgan fingerprint density at radius 3 is 2.16 bits per heavy atom. The van der Waals surface area contributed by atoms with Crippen molar-refractivity contribution in [3.8, 4) is 5.75 Å². The molecule has 22 heteroatoms. The molecule has 3 aromatic rings. The van der Waals surface area contributed by atoms with Crippen LogP contribution in [0, 0.1) is 5.92 Å². The van der Waals surface area contributed by atoms with E-state index in [1.54, 1.807) is 30.3 Å². The van der Waals surface area contributed by atoms with Crippen molar-refractivity contribution in [1.82, 2.24) is 19.5 Å². The average Bonchev–Trinajstić information content (AvgIpc) is 3.66. The Bertz CT molecular complexity index is 1850. The number of H-pyrrole nitrogens is 1. The van der Waals surface area contributed by atoms with E-state index in [0.29, 0.717) is 5.75 Å². The lowest BCUT2D eigenvalue weighted by molar-refractivity contribution is -0.299. The average molecular weight is 854 g/mol. The Labute approximate surface area is 327 Å². The summed E-state index contributed by atoms with van der Waals surface area (Å²) < 4.78 is 125. The maximum Gasteiger partial charge on any atom is 0.402 e. The van der Waals surface area contributed by atoms with Gasteiger partial charge in [-0.15, -0.1) is 0 Å². The molecule has 14 nitrogen and oxygen atoms in total. The monoisotopic (exact) mass is 853 g/mol. The number of hydrogen-bond donors (Lipinski definition) is 2. The second kappa shape index (κ2) is 17.5. The molecule has 1 aromatic carbocycles. The largest absolute Gasteiger partial charge is 0.484 e. The molecule has 318 valence electrons. The summed E-state index contributed by atoms with van der Waals surface area (Å²) in [6, 6.07) is 8.53. The number of nitrogens with one attached hydrogen (secondary N) is 2. The standard InChI is InChI=1S/C35H49F6N5O9Si2/c1-19(2)56(20(3)4)52-14-24-28(54-57(55-56,21(5)6)22(7)8)29(51-18-49-15-25(34(36,37)38)35(39,40)41)32(53-24)46-17-42-27-30(46)44-33(45-31(27)48)43-26(47)16-50-23-12-10-9-11-13-23/h9-13,17,19-22,24-25,28-29,32H,14-16,18H2,1-8H3,(H2,43,44,45,47,48)/t24-,28?,29+,32-/m1/s1. The molecule has 1 unspecified atom stereocenters. The van der Waals surface area contributed by atoms with E-state index in [0.717, 1.165) is 0 Å². The highest BCUT2D eigenvalue weighted by Crippen LogP contribution is 2.49. The van der Waals surface area contributed by atoms with E-state index in [1.165, 1.54) is 10.9 Å². The number of rotatable bonds is 14. The summed E-state index contributed by atoms with van der Waals surface area (Å²) >= 11 is 0. The summed E-state index contributed by atoms with van der Waals surface area (Å²) in [5.74, 6) is -4.26. The van der Waals surface area contributed by atoms with Crippen LogP contribution in [0.3, 0.4) is 0 Å². The quantitative estimate of drug-likeness (QED) is 0.0739. The third kappa shape index (κ3) is 9.58. The van der Waals surface area contributed by atoms with Crippen LogP contribution in [0.1, 0.15) is 61.6 Å². The molecule has 2 saturated heterocycles. The van der Waals surface area contributed by atoms with Crippen LogP contribution in [-0.2, 0) is 32.0 Å². The van der Waals surface area contributed by atoms with E-state index in [2.05, 4.69) is 20.3 Å². The molecule has 2 aromatic heterocycles. The normalized spacial score (nSPS) is 22.7. The molecule has 2 aliphatic rings. The summed E-state index contributed by atoms with van der Waals surface area (Å²) in [4.78, 5) is 37.0. The number of carbonyl (C=O) groups is 1. The first kappa shape index (κ1) is 44.7. The van der Waals surface area contributed by atoms with Gasteiger partial charge in [-0.1, -0.05) is 73.6 Å². The minimum atomic E-state index is -5.63. The van der Waals surface area contributed by atoms with E-state index in [-0.39, 0.29) is 45.9 Å². The Balaban J connectivity index is 1.53. The van der Waals surface area contributed by atoms with Crippen LogP contribution in [0.5, 0.6) is 5.75 Å². The molecule has 2 aliphatic heterocycles. The van der Waals surface area contributed by atoms with Gasteiger partial charge in [-0.3, -0.25) is 24.5 Å². The van der Waals surface area contributed by atoms with Crippen LogP contribution in [0.2, 0.25) is 22.2 Å². The molecule has 57 heavy (non-hydrogen) atoms. The van der Waals surface area contributed by atoms with Gasteiger partial charge in [0.05, 0.1) is 19.5 Å². The van der Waals surface area contributed by atoms with Crippen molar-refractivity contribution in [2.45, 2.75) is 114 Å². The van der Waals surface area contributed by atoms with Crippen LogP contribution in [-0.4, -0.2) is 99.8 Å². The number of ether oxygens (including phenoxy) is 4. The van der Waals surface area contributed by atoms with Crippen LogP contribution >= 0.6 is 0 Å². The Hall–Kier alpha value is -3.39. The van der Waals surface area contributed by atoms with E-state index in [9.17, 15) is 35.9 Å². The molecule has 2 N–H and O–H groups in total. The Kier molecular flexibility index (Phi) is 13.7. The first-order valence-corrected chi connectivity index (χ1v) is 22.5. The van der Waals surface area contributed by atoms with Gasteiger partial charge < -0.3 is 31.9 Å². The number of para-hydroxylation sites is 1. The zero-order valence-electron chi connectivity index (χ0n) is 32.8. The lowest BCUT2D eigenvalue weighted by Crippen LogP contribution is -2.66. The van der Waals surface area contributed by atoms with E-state index in [1.807, 2.05) is 55.4 Å². The summed E-state index contributed by atoms with van der Waals surface area (Å²) in [7, 11) is -6.46. The molecule has 0 aliphatic carbocycles. The Morgan fingerprint density at radius 1 is 0.965 bits per heavy atom. The number of nitrogens with zero attached hydrogens (tertiary/aromatic N) is 3. The molecular formula is C35H49F6N5O9Si2. The maximum atomic E-state index is 13.3. The highest BCUT2D eigenvalue weighted by Gasteiger charge is 2.62. The fourth-order valence-corrected chi connectivity index (χ4v) is 18.4. The van der Waals surface area contributed by atoms with Gasteiger partial charge in [-0.2, -0.15) is 31.3 Å². The molecule has 0 spiro atoms. The molecule has 4 heterocycles. The minimum absolute atomic E-state index is 0.0323. The highest BCUT2D eigenvalue weighted by molar-refractivity contribution is 6.84. The lowest BCUT2D eigenvalue weighted by atomic mass is 10.1. The Morgan fingerprint density at radius 2 is 1.58 bits per heavy atom. The number of hydrogen-bond acceptors (Lipinski definition) is 11. The topological polar surface area (TPSA) is 157 Å². The van der Waals surface area contributed by atoms with Crippen molar-refractivity contribution < 1.29 is 63.1 Å². The van der Waals surface area contributed by atoms with Gasteiger partial charge in [0.25, 0.3) is 11.5 Å².